The summed E-state index contributed by atoms with van der Waals surface area (Å²) in [7, 11) is 0. The van der Waals surface area contributed by atoms with Gasteiger partial charge in [-0.3, -0.25) is 10.1 Å². The van der Waals surface area contributed by atoms with Gasteiger partial charge in [0.05, 0.1) is 6.20 Å². The average Bonchev–Trinajstić information content (AvgIpc) is 2.97. The molecule has 1 heterocycles. The molecule has 0 aliphatic carbocycles. The van der Waals surface area contributed by atoms with E-state index in [-0.39, 0.29) is 0 Å². The van der Waals surface area contributed by atoms with Crippen LogP contribution in [0.25, 0.3) is 0 Å². The van der Waals surface area contributed by atoms with E-state index in [1.54, 1.807) is 6.20 Å². The number of oxazole rings is 1. The zero-order chi connectivity index (χ0) is 14.4. The van der Waals surface area contributed by atoms with E-state index in [4.69, 9.17) is 10.2 Å². The molecule has 0 saturated carbocycles. The van der Waals surface area contributed by atoms with Gasteiger partial charge in [0.2, 0.25) is 5.91 Å². The number of rotatable bonds is 7. The Kier molecular flexibility index (Phi) is 4.81. The topological polar surface area (TPSA) is 81.2 Å². The first-order valence-corrected chi connectivity index (χ1v) is 7.30. The van der Waals surface area contributed by atoms with Crippen molar-refractivity contribution < 1.29 is 9.21 Å². The average molecular weight is 291 g/mol. The Balaban J connectivity index is 2.29. The molecule has 0 aliphatic rings. The van der Waals surface area contributed by atoms with Crippen LogP contribution in [0.5, 0.6) is 0 Å². The van der Waals surface area contributed by atoms with Gasteiger partial charge in [0, 0.05) is 5.75 Å². The Morgan fingerprint density at radius 3 is 2.75 bits per heavy atom. The maximum atomic E-state index is 12.1. The van der Waals surface area contributed by atoms with Crippen molar-refractivity contribution in [1.29, 1.82) is 0 Å². The summed E-state index contributed by atoms with van der Waals surface area (Å²) >= 11 is 1.36. The van der Waals surface area contributed by atoms with Gasteiger partial charge in [-0.1, -0.05) is 49.0 Å². The minimum atomic E-state index is -0.935. The number of likely N-dealkylation sites (N-methyl/N-ethyl adjacent to an activating group) is 1. The van der Waals surface area contributed by atoms with Crippen molar-refractivity contribution in [2.75, 3.05) is 12.3 Å². The smallest absolute Gasteiger partial charge is 0.255 e. The summed E-state index contributed by atoms with van der Waals surface area (Å²) in [5.74, 6) is 0.00496. The van der Waals surface area contributed by atoms with E-state index >= 15 is 0 Å². The lowest BCUT2D eigenvalue weighted by Gasteiger charge is -2.31. The lowest BCUT2D eigenvalue weighted by atomic mass is 9.91. The molecule has 5 nitrogen and oxygen atoms in total. The molecular weight excluding hydrogens is 274 g/mol. The number of thioether (sulfide) groups is 1. The van der Waals surface area contributed by atoms with Crippen LogP contribution in [0.15, 0.2) is 52.4 Å². The SMILES string of the molecule is CCNC(CSc1ncco1)(C(N)=O)c1ccccc1. The van der Waals surface area contributed by atoms with E-state index in [9.17, 15) is 4.79 Å². The number of hydrogen-bond donors (Lipinski definition) is 2. The highest BCUT2D eigenvalue weighted by atomic mass is 32.2. The number of nitrogens with zero attached hydrogens (tertiary/aromatic N) is 1. The summed E-state index contributed by atoms with van der Waals surface area (Å²) in [6.07, 6.45) is 3.08. The van der Waals surface area contributed by atoms with Gasteiger partial charge in [-0.25, -0.2) is 4.98 Å². The van der Waals surface area contributed by atoms with Gasteiger partial charge in [0.25, 0.3) is 5.22 Å². The van der Waals surface area contributed by atoms with Crippen molar-refractivity contribution in [1.82, 2.24) is 10.3 Å². The van der Waals surface area contributed by atoms with Crippen LogP contribution in [0.4, 0.5) is 0 Å². The molecule has 0 saturated heterocycles. The first-order chi connectivity index (χ1) is 9.69. The summed E-state index contributed by atoms with van der Waals surface area (Å²) < 4.78 is 5.19. The molecule has 1 atom stereocenters. The third kappa shape index (κ3) is 3.02. The van der Waals surface area contributed by atoms with Gasteiger partial charge in [-0.15, -0.1) is 0 Å². The molecule has 1 aromatic heterocycles. The molecule has 0 fully saturated rings. The predicted molar refractivity (Wildman–Crippen MR) is 78.2 cm³/mol. The number of amides is 1. The van der Waals surface area contributed by atoms with Crippen LogP contribution in [-0.4, -0.2) is 23.2 Å². The lowest BCUT2D eigenvalue weighted by molar-refractivity contribution is -0.123. The molecule has 106 valence electrons. The molecule has 1 unspecified atom stereocenters. The third-order valence-corrected chi connectivity index (χ3v) is 4.01. The van der Waals surface area contributed by atoms with Crippen molar-refractivity contribution in [3.8, 4) is 0 Å². The van der Waals surface area contributed by atoms with Crippen LogP contribution >= 0.6 is 11.8 Å². The number of hydrogen-bond acceptors (Lipinski definition) is 5. The Morgan fingerprint density at radius 1 is 1.45 bits per heavy atom. The summed E-state index contributed by atoms with van der Waals surface area (Å²) in [5, 5.41) is 3.73. The van der Waals surface area contributed by atoms with E-state index in [1.165, 1.54) is 18.0 Å². The highest BCUT2D eigenvalue weighted by Crippen LogP contribution is 2.29. The minimum absolute atomic E-state index is 0.412. The fraction of sp³-hybridized carbons (Fsp3) is 0.286. The maximum Gasteiger partial charge on any atom is 0.255 e. The predicted octanol–water partition coefficient (Wildman–Crippen LogP) is 1.76. The highest BCUT2D eigenvalue weighted by Gasteiger charge is 2.38. The molecule has 2 aromatic rings. The van der Waals surface area contributed by atoms with Crippen LogP contribution in [0.1, 0.15) is 12.5 Å². The van der Waals surface area contributed by atoms with Crippen molar-refractivity contribution in [2.45, 2.75) is 17.7 Å². The van der Waals surface area contributed by atoms with Crippen LogP contribution in [0, 0.1) is 0 Å². The Hall–Kier alpha value is -1.79. The first-order valence-electron chi connectivity index (χ1n) is 6.32. The molecule has 6 heteroatoms. The molecule has 2 rings (SSSR count). The highest BCUT2D eigenvalue weighted by molar-refractivity contribution is 7.99. The second-order valence-electron chi connectivity index (χ2n) is 4.25. The monoisotopic (exact) mass is 291 g/mol. The number of nitrogens with one attached hydrogen (secondary N) is 1. The Bertz CT molecular complexity index is 545. The zero-order valence-electron chi connectivity index (χ0n) is 11.2. The van der Waals surface area contributed by atoms with Gasteiger partial charge in [0.1, 0.15) is 11.8 Å². The van der Waals surface area contributed by atoms with Crippen LogP contribution in [0.2, 0.25) is 0 Å². The normalized spacial score (nSPS) is 13.8. The lowest BCUT2D eigenvalue weighted by Crippen LogP contribution is -2.54. The number of nitrogens with two attached hydrogens (primary N) is 1. The third-order valence-electron chi connectivity index (χ3n) is 2.99. The number of aromatic nitrogens is 1. The molecule has 3 N–H and O–H groups in total. The van der Waals surface area contributed by atoms with Crippen LogP contribution in [0.3, 0.4) is 0 Å². The fourth-order valence-corrected chi connectivity index (χ4v) is 3.02. The van der Waals surface area contributed by atoms with Crippen LogP contribution in [-0.2, 0) is 10.3 Å². The summed E-state index contributed by atoms with van der Waals surface area (Å²) in [6.45, 7) is 2.57. The molecule has 0 aliphatic heterocycles. The van der Waals surface area contributed by atoms with Gasteiger partial charge in [-0.05, 0) is 12.1 Å². The quantitative estimate of drug-likeness (QED) is 0.760. The second-order valence-corrected chi connectivity index (χ2v) is 5.18. The van der Waals surface area contributed by atoms with Gasteiger partial charge in [-0.2, -0.15) is 0 Å². The molecular formula is C14H17N3O2S. The van der Waals surface area contributed by atoms with Crippen molar-refractivity contribution in [3.05, 3.63) is 48.4 Å². The van der Waals surface area contributed by atoms with Crippen LogP contribution < -0.4 is 11.1 Å². The molecule has 1 amide bonds. The molecule has 0 radical (unpaired) electrons. The van der Waals surface area contributed by atoms with Gasteiger partial charge in [0.15, 0.2) is 0 Å². The molecule has 1 aromatic carbocycles. The summed E-state index contributed by atoms with van der Waals surface area (Å²) in [4.78, 5) is 16.1. The molecule has 0 bridgehead atoms. The van der Waals surface area contributed by atoms with E-state index in [2.05, 4.69) is 10.3 Å². The van der Waals surface area contributed by atoms with Crippen molar-refractivity contribution in [2.24, 2.45) is 5.73 Å². The first kappa shape index (κ1) is 14.6. The number of benzene rings is 1. The van der Waals surface area contributed by atoms with Gasteiger partial charge < -0.3 is 10.2 Å². The summed E-state index contributed by atoms with van der Waals surface area (Å²) in [5.41, 5.74) is 5.57. The Labute approximate surface area is 122 Å². The zero-order valence-corrected chi connectivity index (χ0v) is 12.0. The van der Waals surface area contributed by atoms with E-state index in [0.29, 0.717) is 17.5 Å². The van der Waals surface area contributed by atoms with E-state index in [0.717, 1.165) is 5.56 Å². The van der Waals surface area contributed by atoms with Gasteiger partial charge >= 0.3 is 0 Å². The standard InChI is InChI=1S/C14H17N3O2S/c1-2-17-14(12(15)18,11-6-4-3-5-7-11)10-20-13-16-8-9-19-13/h3-9,17H,2,10H2,1H3,(H2,15,18). The number of carbonyl (C=O) groups is 1. The largest absolute Gasteiger partial charge is 0.440 e. The Morgan fingerprint density at radius 2 is 2.20 bits per heavy atom. The number of carbonyl (C=O) groups excluding carboxylic acids is 1. The summed E-state index contributed by atoms with van der Waals surface area (Å²) in [6, 6.07) is 9.47. The molecule has 0 spiro atoms. The van der Waals surface area contributed by atoms with E-state index < -0.39 is 11.4 Å². The van der Waals surface area contributed by atoms with Crippen molar-refractivity contribution >= 4 is 17.7 Å². The maximum absolute atomic E-state index is 12.1. The minimum Gasteiger partial charge on any atom is -0.440 e. The van der Waals surface area contributed by atoms with E-state index in [1.807, 2.05) is 37.3 Å². The van der Waals surface area contributed by atoms with Crippen molar-refractivity contribution in [3.63, 3.8) is 0 Å². The second kappa shape index (κ2) is 6.58. The molecule has 20 heavy (non-hydrogen) atoms. The fourth-order valence-electron chi connectivity index (χ4n) is 2.01. The number of primary amides is 1.